The van der Waals surface area contributed by atoms with Crippen molar-refractivity contribution in [3.05, 3.63) is 95.6 Å². The number of carbonyl (C=O) groups excluding carboxylic acids is 1. The highest BCUT2D eigenvalue weighted by Crippen LogP contribution is 2.27. The number of esters is 1. The average Bonchev–Trinajstić information content (AvgIpc) is 2.77. The predicted molar refractivity (Wildman–Crippen MR) is 112 cm³/mol. The number of hydrogen-bond acceptors (Lipinski definition) is 4. The Morgan fingerprint density at radius 1 is 0.893 bits per heavy atom. The molecule has 3 aromatic carbocycles. The van der Waals surface area contributed by atoms with Gasteiger partial charge in [-0.3, -0.25) is 0 Å². The van der Waals surface area contributed by atoms with Crippen molar-refractivity contribution in [2.75, 3.05) is 18.6 Å². The van der Waals surface area contributed by atoms with Crippen LogP contribution in [0.15, 0.2) is 78.9 Å². The molecule has 0 amide bonds. The van der Waals surface area contributed by atoms with Crippen molar-refractivity contribution in [1.82, 2.24) is 0 Å². The molecule has 0 aliphatic heterocycles. The maximum atomic E-state index is 12.2. The highest BCUT2D eigenvalue weighted by Gasteiger charge is 2.17. The Morgan fingerprint density at radius 2 is 1.57 bits per heavy atom. The molecule has 0 aliphatic rings. The molecule has 144 valence electrons. The number of nitrogens with zero attached hydrogens (tertiary/aromatic N) is 1. The fourth-order valence-electron chi connectivity index (χ4n) is 3.12. The van der Waals surface area contributed by atoms with Gasteiger partial charge in [0.05, 0.1) is 18.4 Å². The molecule has 0 unspecified atom stereocenters. The van der Waals surface area contributed by atoms with E-state index in [-0.39, 0.29) is 5.97 Å². The van der Waals surface area contributed by atoms with Crippen molar-refractivity contribution in [2.24, 2.45) is 0 Å². The second kappa shape index (κ2) is 9.60. The Kier molecular flexibility index (Phi) is 6.68. The molecule has 3 rings (SSSR count). The molecule has 0 atom stereocenters. The van der Waals surface area contributed by atoms with E-state index in [1.54, 1.807) is 6.07 Å². The van der Waals surface area contributed by atoms with Crippen molar-refractivity contribution >= 4 is 11.7 Å². The molecule has 0 fully saturated rings. The minimum absolute atomic E-state index is 0.331. The summed E-state index contributed by atoms with van der Waals surface area (Å²) in [5.74, 6) is 0.517. The molecule has 0 spiro atoms. The molecule has 4 heteroatoms. The van der Waals surface area contributed by atoms with Gasteiger partial charge in [-0.05, 0) is 30.7 Å². The van der Waals surface area contributed by atoms with Crippen LogP contribution in [-0.2, 0) is 17.9 Å². The quantitative estimate of drug-likeness (QED) is 0.515. The zero-order chi connectivity index (χ0) is 19.8. The Morgan fingerprint density at radius 3 is 2.32 bits per heavy atom. The summed E-state index contributed by atoms with van der Waals surface area (Å²) in [7, 11) is 1.40. The number of hydrogen-bond donors (Lipinski definition) is 0. The first-order valence-corrected chi connectivity index (χ1v) is 9.39. The molecule has 28 heavy (non-hydrogen) atoms. The first-order valence-electron chi connectivity index (χ1n) is 9.39. The lowest BCUT2D eigenvalue weighted by molar-refractivity contribution is 0.0601. The van der Waals surface area contributed by atoms with Crippen LogP contribution in [0.2, 0.25) is 0 Å². The van der Waals surface area contributed by atoms with Crippen LogP contribution in [0.5, 0.6) is 5.75 Å². The number of rotatable bonds is 8. The molecule has 0 aliphatic carbocycles. The summed E-state index contributed by atoms with van der Waals surface area (Å²) in [5.41, 5.74) is 3.62. The molecule has 4 nitrogen and oxygen atoms in total. The number of ether oxygens (including phenoxy) is 2. The van der Waals surface area contributed by atoms with Gasteiger partial charge in [0.25, 0.3) is 0 Å². The van der Waals surface area contributed by atoms with Crippen LogP contribution in [0.4, 0.5) is 5.69 Å². The van der Waals surface area contributed by atoms with Gasteiger partial charge in [-0.15, -0.1) is 0 Å². The van der Waals surface area contributed by atoms with Crippen LogP contribution in [0, 0.1) is 0 Å². The second-order valence-electron chi connectivity index (χ2n) is 6.40. The van der Waals surface area contributed by atoms with E-state index in [9.17, 15) is 4.79 Å². The molecular formula is C24H25NO3. The first kappa shape index (κ1) is 19.5. The standard InChI is InChI=1S/C24H25NO3/c1-3-25(22-15-9-8-14-21(22)24(26)27-2)17-20-13-7-10-16-23(20)28-18-19-11-5-4-6-12-19/h4-16H,3,17-18H2,1-2H3. The average molecular weight is 375 g/mol. The van der Waals surface area contributed by atoms with Crippen LogP contribution in [0.25, 0.3) is 0 Å². The Bertz CT molecular complexity index is 908. The van der Waals surface area contributed by atoms with Gasteiger partial charge < -0.3 is 14.4 Å². The lowest BCUT2D eigenvalue weighted by Gasteiger charge is -2.26. The highest BCUT2D eigenvalue weighted by molar-refractivity contribution is 5.95. The topological polar surface area (TPSA) is 38.8 Å². The third-order valence-electron chi connectivity index (χ3n) is 4.60. The molecule has 0 N–H and O–H groups in total. The highest BCUT2D eigenvalue weighted by atomic mass is 16.5. The Hall–Kier alpha value is -3.27. The summed E-state index contributed by atoms with van der Waals surface area (Å²) in [5, 5.41) is 0. The molecule has 0 radical (unpaired) electrons. The Labute approximate surface area is 166 Å². The fraction of sp³-hybridized carbons (Fsp3) is 0.208. The summed E-state index contributed by atoms with van der Waals surface area (Å²) in [6.45, 7) is 3.97. The van der Waals surface area contributed by atoms with E-state index in [2.05, 4.69) is 17.9 Å². The van der Waals surface area contributed by atoms with E-state index in [4.69, 9.17) is 9.47 Å². The van der Waals surface area contributed by atoms with Crippen LogP contribution < -0.4 is 9.64 Å². The minimum Gasteiger partial charge on any atom is -0.489 e. The van der Waals surface area contributed by atoms with Gasteiger partial charge >= 0.3 is 5.97 Å². The number of anilines is 1. The number of methoxy groups -OCH3 is 1. The molecular weight excluding hydrogens is 350 g/mol. The number of para-hydroxylation sites is 2. The van der Waals surface area contributed by atoms with E-state index in [0.717, 1.165) is 29.1 Å². The second-order valence-corrected chi connectivity index (χ2v) is 6.40. The first-order chi connectivity index (χ1) is 13.7. The SMILES string of the molecule is CCN(Cc1ccccc1OCc1ccccc1)c1ccccc1C(=O)OC. The number of benzene rings is 3. The van der Waals surface area contributed by atoms with E-state index < -0.39 is 0 Å². The largest absolute Gasteiger partial charge is 0.489 e. The van der Waals surface area contributed by atoms with E-state index in [0.29, 0.717) is 18.7 Å². The molecule has 3 aromatic rings. The lowest BCUT2D eigenvalue weighted by Crippen LogP contribution is -2.24. The molecule has 0 bridgehead atoms. The third kappa shape index (κ3) is 4.71. The minimum atomic E-state index is -0.331. The molecule has 0 saturated carbocycles. The predicted octanol–water partition coefficient (Wildman–Crippen LogP) is 5.08. The third-order valence-corrected chi connectivity index (χ3v) is 4.60. The van der Waals surface area contributed by atoms with E-state index in [1.165, 1.54) is 7.11 Å². The lowest BCUT2D eigenvalue weighted by atomic mass is 10.1. The van der Waals surface area contributed by atoms with Gasteiger partial charge in [0.15, 0.2) is 0 Å². The van der Waals surface area contributed by atoms with Crippen molar-refractivity contribution in [2.45, 2.75) is 20.1 Å². The van der Waals surface area contributed by atoms with Gasteiger partial charge in [0.2, 0.25) is 0 Å². The summed E-state index contributed by atoms with van der Waals surface area (Å²) in [6.07, 6.45) is 0. The van der Waals surface area contributed by atoms with Crippen LogP contribution in [0.3, 0.4) is 0 Å². The normalized spacial score (nSPS) is 10.4. The summed E-state index contributed by atoms with van der Waals surface area (Å²) >= 11 is 0. The zero-order valence-electron chi connectivity index (χ0n) is 16.3. The van der Waals surface area contributed by atoms with Gasteiger partial charge in [0, 0.05) is 18.7 Å². The smallest absolute Gasteiger partial charge is 0.339 e. The summed E-state index contributed by atoms with van der Waals surface area (Å²) < 4.78 is 11.0. The molecule has 0 aromatic heterocycles. The van der Waals surface area contributed by atoms with Crippen molar-refractivity contribution in [3.63, 3.8) is 0 Å². The van der Waals surface area contributed by atoms with Crippen molar-refractivity contribution in [3.8, 4) is 5.75 Å². The Balaban J connectivity index is 1.82. The van der Waals surface area contributed by atoms with E-state index >= 15 is 0 Å². The van der Waals surface area contributed by atoms with Gasteiger partial charge in [0.1, 0.15) is 12.4 Å². The van der Waals surface area contributed by atoms with Crippen LogP contribution in [-0.4, -0.2) is 19.6 Å². The van der Waals surface area contributed by atoms with Gasteiger partial charge in [-0.25, -0.2) is 4.79 Å². The van der Waals surface area contributed by atoms with Gasteiger partial charge in [-0.2, -0.15) is 0 Å². The van der Waals surface area contributed by atoms with Crippen LogP contribution in [0.1, 0.15) is 28.4 Å². The van der Waals surface area contributed by atoms with Gasteiger partial charge in [-0.1, -0.05) is 60.7 Å². The monoisotopic (exact) mass is 375 g/mol. The molecule has 0 saturated heterocycles. The number of carbonyl (C=O) groups is 1. The fourth-order valence-corrected chi connectivity index (χ4v) is 3.12. The zero-order valence-corrected chi connectivity index (χ0v) is 16.3. The maximum Gasteiger partial charge on any atom is 0.339 e. The summed E-state index contributed by atoms with van der Waals surface area (Å²) in [4.78, 5) is 14.3. The van der Waals surface area contributed by atoms with Crippen LogP contribution >= 0.6 is 0 Å². The summed E-state index contributed by atoms with van der Waals surface area (Å²) in [6, 6.07) is 25.7. The maximum absolute atomic E-state index is 12.2. The van der Waals surface area contributed by atoms with Crippen molar-refractivity contribution < 1.29 is 14.3 Å². The van der Waals surface area contributed by atoms with Crippen molar-refractivity contribution in [1.29, 1.82) is 0 Å². The van der Waals surface area contributed by atoms with E-state index in [1.807, 2.05) is 66.7 Å². The molecule has 0 heterocycles.